The first-order valence-corrected chi connectivity index (χ1v) is 18.5. The van der Waals surface area contributed by atoms with Gasteiger partial charge in [-0.05, 0) is 66.2 Å². The number of hydrogen-bond donors (Lipinski definition) is 7. The lowest BCUT2D eigenvalue weighted by molar-refractivity contribution is -0.132. The van der Waals surface area contributed by atoms with Gasteiger partial charge in [-0.1, -0.05) is 36.4 Å². The van der Waals surface area contributed by atoms with Crippen LogP contribution in [0.15, 0.2) is 84.4 Å². The lowest BCUT2D eigenvalue weighted by Crippen LogP contribution is -1.96. The second-order valence-electron chi connectivity index (χ2n) is 13.6. The predicted octanol–water partition coefficient (Wildman–Crippen LogP) is 7.42. The van der Waals surface area contributed by atoms with Gasteiger partial charge in [-0.15, -0.1) is 11.3 Å². The number of thiophene rings is 1. The summed E-state index contributed by atoms with van der Waals surface area (Å²) < 4.78 is 0. The fourth-order valence-electron chi connectivity index (χ4n) is 7.02. The molecule has 0 unspecified atom stereocenters. The Kier molecular flexibility index (Phi) is 7.54. The van der Waals surface area contributed by atoms with Crippen LogP contribution in [0, 0.1) is 11.3 Å². The molecule has 2 aliphatic rings. The van der Waals surface area contributed by atoms with Crippen LogP contribution in [0.1, 0.15) is 15.3 Å². The molecule has 0 atom stereocenters. The smallest absolute Gasteiger partial charge is 0.346 e. The van der Waals surface area contributed by atoms with Crippen molar-refractivity contribution in [2.45, 2.75) is 0 Å². The monoisotopic (exact) mass is 777 g/mol. The Morgan fingerprint density at radius 1 is 0.586 bits per heavy atom. The van der Waals surface area contributed by atoms with Gasteiger partial charge >= 0.3 is 5.97 Å². The van der Waals surface area contributed by atoms with Crippen molar-refractivity contribution in [2.75, 3.05) is 22.9 Å². The molecule has 15 nitrogen and oxygen atoms in total. The topological polar surface area (TPSA) is 274 Å². The van der Waals surface area contributed by atoms with Crippen molar-refractivity contribution in [1.82, 2.24) is 39.9 Å². The minimum atomic E-state index is -1.28. The van der Waals surface area contributed by atoms with Crippen molar-refractivity contribution in [1.29, 1.82) is 5.26 Å². The molecule has 0 spiro atoms. The van der Waals surface area contributed by atoms with Crippen molar-refractivity contribution in [3.8, 4) is 51.6 Å². The summed E-state index contributed by atoms with van der Waals surface area (Å²) in [5.41, 5.74) is 32.0. The number of nitrogens with two attached hydrogens (primary N) is 4. The summed E-state index contributed by atoms with van der Waals surface area (Å²) >= 11 is 1.36. The largest absolute Gasteiger partial charge is 0.477 e. The van der Waals surface area contributed by atoms with Crippen LogP contribution in [-0.2, 0) is 4.79 Å². The van der Waals surface area contributed by atoms with Crippen LogP contribution in [-0.4, -0.2) is 50.9 Å². The van der Waals surface area contributed by atoms with E-state index in [9.17, 15) is 15.2 Å². The summed E-state index contributed by atoms with van der Waals surface area (Å²) in [4.78, 5) is 49.7. The van der Waals surface area contributed by atoms with E-state index in [4.69, 9.17) is 52.8 Å². The van der Waals surface area contributed by atoms with E-state index in [0.29, 0.717) is 95.8 Å². The molecule has 278 valence electrons. The molecule has 0 aliphatic carbocycles. The first kappa shape index (κ1) is 34.1. The first-order valence-electron chi connectivity index (χ1n) is 17.7. The fraction of sp³-hybridized carbons (Fsp3) is 0. The highest BCUT2D eigenvalue weighted by atomic mass is 32.1. The number of carboxylic acid groups (broad SMARTS) is 1. The molecular formula is C42H27N13O2S. The fourth-order valence-corrected chi connectivity index (χ4v) is 7.88. The lowest BCUT2D eigenvalue weighted by Gasteiger charge is -2.04. The quantitative estimate of drug-likeness (QED) is 0.0521. The number of aliphatic carboxylic acids is 1. The number of anilines is 4. The number of H-pyrrole nitrogens is 2. The van der Waals surface area contributed by atoms with E-state index in [0.717, 1.165) is 32.0 Å². The Morgan fingerprint density at radius 2 is 1.03 bits per heavy atom. The van der Waals surface area contributed by atoms with Gasteiger partial charge in [-0.25, -0.2) is 34.7 Å². The molecule has 0 saturated heterocycles. The summed E-state index contributed by atoms with van der Waals surface area (Å²) in [6.45, 7) is 0. The normalized spacial score (nSPS) is 12.2. The molecule has 8 aromatic rings. The molecule has 2 aliphatic heterocycles. The van der Waals surface area contributed by atoms with E-state index in [-0.39, 0.29) is 5.57 Å². The van der Waals surface area contributed by atoms with Crippen molar-refractivity contribution < 1.29 is 9.90 Å². The van der Waals surface area contributed by atoms with Crippen molar-refractivity contribution in [3.63, 3.8) is 0 Å². The standard InChI is InChI=1S/C42H27N13O2S/c43-17-19(42(56)57)12-21-9-8-20(58-21)7-5-18-6-10-24-25(11-18)37-51-36(24)52-40-27-14-31(45)30(44)13-26(27)38(54-40)49-34-22-3-1-2-4-23(22)35(48-34)50-39-28-15-32(46)33(47)16-29(28)41(53-37)55-39/h1-16H,44-47H2,(H,56,57)(H2,48,49,50,51,52,53,54,55)/b7-5+,19-12+. The van der Waals surface area contributed by atoms with Crippen LogP contribution in [0.25, 0.3) is 108 Å². The van der Waals surface area contributed by atoms with Crippen LogP contribution in [0.5, 0.6) is 0 Å². The highest BCUT2D eigenvalue weighted by molar-refractivity contribution is 7.13. The number of fused-ring (bicyclic) bond motifs is 20. The molecule has 0 amide bonds. The van der Waals surface area contributed by atoms with Gasteiger partial charge in [0, 0.05) is 53.6 Å². The zero-order valence-electron chi connectivity index (χ0n) is 29.9. The number of hydrogen-bond acceptors (Lipinski definition) is 13. The number of carboxylic acids is 1. The number of nitrogens with zero attached hydrogens (tertiary/aromatic N) is 7. The zero-order chi connectivity index (χ0) is 39.8. The third kappa shape index (κ3) is 5.62. The summed E-state index contributed by atoms with van der Waals surface area (Å²) in [5, 5.41) is 21.6. The third-order valence-corrected chi connectivity index (χ3v) is 10.9. The molecule has 0 radical (unpaired) electrons. The number of carbonyl (C=O) groups is 1. The van der Waals surface area contributed by atoms with Gasteiger partial charge in [-0.3, -0.25) is 0 Å². The van der Waals surface area contributed by atoms with Crippen LogP contribution in [0.4, 0.5) is 22.7 Å². The van der Waals surface area contributed by atoms with E-state index >= 15 is 0 Å². The summed E-state index contributed by atoms with van der Waals surface area (Å²) in [7, 11) is 0. The maximum atomic E-state index is 11.3. The Labute approximate surface area is 330 Å². The number of rotatable bonds is 4. The number of nitrogens with one attached hydrogen (secondary N) is 2. The van der Waals surface area contributed by atoms with Gasteiger partial charge in [0.1, 0.15) is 34.2 Å². The number of nitriles is 1. The number of aromatic amines is 2. The van der Waals surface area contributed by atoms with Gasteiger partial charge in [0.05, 0.1) is 22.7 Å². The lowest BCUT2D eigenvalue weighted by atomic mass is 10.1. The number of nitrogen functional groups attached to an aromatic ring is 4. The van der Waals surface area contributed by atoms with Crippen LogP contribution >= 0.6 is 11.3 Å². The van der Waals surface area contributed by atoms with Gasteiger partial charge in [0.15, 0.2) is 23.3 Å². The maximum Gasteiger partial charge on any atom is 0.346 e. The second-order valence-corrected chi connectivity index (χ2v) is 14.7. The van der Waals surface area contributed by atoms with Crippen LogP contribution < -0.4 is 22.9 Å². The Balaban J connectivity index is 1.25. The predicted molar refractivity (Wildman–Crippen MR) is 228 cm³/mol. The Bertz CT molecular complexity index is 3400. The SMILES string of the molecule is N#C/C(=C\c1ccc(/C=C/c2ccc3c4nc5nc(nc6[nH]c(nc7nc(nc([nH]4)c3c2)-c2cc(N)c(N)cc2-7)c2ccccc62)-c2cc(N)c(N)cc2-5)s1)C(=O)O. The van der Waals surface area contributed by atoms with Crippen LogP contribution in [0.2, 0.25) is 0 Å². The Morgan fingerprint density at radius 3 is 1.50 bits per heavy atom. The first-order chi connectivity index (χ1) is 28.1. The molecule has 4 aromatic heterocycles. The molecule has 16 heteroatoms. The maximum absolute atomic E-state index is 11.3. The number of aromatic nitrogens is 8. The van der Waals surface area contributed by atoms with Gasteiger partial charge < -0.3 is 38.0 Å². The molecule has 11 N–H and O–H groups in total. The molecule has 4 aromatic carbocycles. The average molecular weight is 778 g/mol. The molecule has 8 bridgehead atoms. The van der Waals surface area contributed by atoms with Gasteiger partial charge in [-0.2, -0.15) is 5.26 Å². The van der Waals surface area contributed by atoms with E-state index in [2.05, 4.69) is 9.97 Å². The molecular weight excluding hydrogens is 751 g/mol. The Hall–Kier alpha value is -8.42. The zero-order valence-corrected chi connectivity index (χ0v) is 30.8. The van der Waals surface area contributed by atoms with E-state index < -0.39 is 5.97 Å². The minimum Gasteiger partial charge on any atom is -0.477 e. The van der Waals surface area contributed by atoms with E-state index in [1.54, 1.807) is 36.4 Å². The van der Waals surface area contributed by atoms with E-state index in [1.165, 1.54) is 17.4 Å². The summed E-state index contributed by atoms with van der Waals surface area (Å²) in [6.07, 6.45) is 5.20. The van der Waals surface area contributed by atoms with E-state index in [1.807, 2.05) is 60.7 Å². The van der Waals surface area contributed by atoms with Crippen molar-refractivity contribution in [3.05, 3.63) is 99.8 Å². The third-order valence-electron chi connectivity index (χ3n) is 9.89. The molecule has 0 fully saturated rings. The average Bonchev–Trinajstić information content (AvgIpc) is 4.02. The van der Waals surface area contributed by atoms with Crippen molar-refractivity contribution >= 4 is 102 Å². The minimum absolute atomic E-state index is 0.338. The van der Waals surface area contributed by atoms with Gasteiger partial charge in [0.25, 0.3) is 0 Å². The van der Waals surface area contributed by atoms with Crippen LogP contribution in [0.3, 0.4) is 0 Å². The highest BCUT2D eigenvalue weighted by Gasteiger charge is 2.24. The highest BCUT2D eigenvalue weighted by Crippen LogP contribution is 2.40. The number of benzene rings is 4. The summed E-state index contributed by atoms with van der Waals surface area (Å²) in [6, 6.07) is 26.0. The second kappa shape index (κ2) is 12.8. The van der Waals surface area contributed by atoms with Crippen molar-refractivity contribution in [2.24, 2.45) is 0 Å². The molecule has 10 rings (SSSR count). The van der Waals surface area contributed by atoms with Gasteiger partial charge in [0.2, 0.25) is 0 Å². The molecule has 0 saturated carbocycles. The summed E-state index contributed by atoms with van der Waals surface area (Å²) in [5.74, 6) is 0.235. The molecule has 58 heavy (non-hydrogen) atoms. The molecule has 6 heterocycles.